The van der Waals surface area contributed by atoms with Crippen LogP contribution in [0.3, 0.4) is 0 Å². The van der Waals surface area contributed by atoms with Gasteiger partial charge in [0.05, 0.1) is 7.11 Å². The van der Waals surface area contributed by atoms with Crippen molar-refractivity contribution in [3.8, 4) is 5.75 Å². The molecular weight excluding hydrogens is 379 g/mol. The molecule has 0 aromatic heterocycles. The van der Waals surface area contributed by atoms with Crippen LogP contribution in [0.15, 0.2) is 48.5 Å². The summed E-state index contributed by atoms with van der Waals surface area (Å²) in [4.78, 5) is 36.7. The number of carbonyl (C=O) groups is 3. The van der Waals surface area contributed by atoms with E-state index in [1.165, 1.54) is 31.4 Å². The van der Waals surface area contributed by atoms with Crippen LogP contribution in [-0.2, 0) is 14.3 Å². The normalized spacial score (nSPS) is 11.5. The summed E-state index contributed by atoms with van der Waals surface area (Å²) in [5, 5.41) is 5.11. The summed E-state index contributed by atoms with van der Waals surface area (Å²) >= 11 is 0. The fraction of sp³-hybridized carbons (Fsp3) is 0.286. The van der Waals surface area contributed by atoms with E-state index in [1.54, 1.807) is 38.1 Å². The Morgan fingerprint density at radius 2 is 1.62 bits per heavy atom. The number of rotatable bonds is 8. The Labute approximate surface area is 168 Å². The molecule has 0 unspecified atom stereocenters. The van der Waals surface area contributed by atoms with E-state index in [0.717, 1.165) is 0 Å². The lowest BCUT2D eigenvalue weighted by atomic mass is 10.0. The highest BCUT2D eigenvalue weighted by molar-refractivity contribution is 5.97. The molecule has 0 bridgehead atoms. The molecule has 2 aromatic carbocycles. The minimum absolute atomic E-state index is 0.259. The number of amides is 2. The number of nitrogens with one attached hydrogen (secondary N) is 2. The van der Waals surface area contributed by atoms with Crippen LogP contribution in [0.4, 0.5) is 10.1 Å². The number of esters is 1. The largest absolute Gasteiger partial charge is 0.497 e. The van der Waals surface area contributed by atoms with Crippen molar-refractivity contribution in [1.82, 2.24) is 5.32 Å². The molecule has 0 aliphatic carbocycles. The molecule has 2 rings (SSSR count). The van der Waals surface area contributed by atoms with Gasteiger partial charge in [0, 0.05) is 11.3 Å². The Morgan fingerprint density at radius 3 is 2.17 bits per heavy atom. The Balaban J connectivity index is 1.91. The number of anilines is 1. The van der Waals surface area contributed by atoms with Crippen LogP contribution in [0.5, 0.6) is 5.75 Å². The standard InChI is InChI=1S/C21H23FN2O5/c1-13(2)19(24-20(26)14-4-10-17(28-3)11-5-14)21(27)29-12-18(25)23-16-8-6-15(22)7-9-16/h4-11,13,19H,12H2,1-3H3,(H,23,25)(H,24,26)/t19-/m0/s1. The first-order chi connectivity index (χ1) is 13.8. The Kier molecular flexibility index (Phi) is 7.70. The van der Waals surface area contributed by atoms with Gasteiger partial charge in [0.25, 0.3) is 11.8 Å². The van der Waals surface area contributed by atoms with Crippen molar-refractivity contribution in [2.75, 3.05) is 19.0 Å². The quantitative estimate of drug-likeness (QED) is 0.663. The lowest BCUT2D eigenvalue weighted by Crippen LogP contribution is -2.45. The maximum atomic E-state index is 12.9. The number of methoxy groups -OCH3 is 1. The molecule has 0 fully saturated rings. The summed E-state index contributed by atoms with van der Waals surface area (Å²) in [5.41, 5.74) is 0.735. The van der Waals surface area contributed by atoms with Gasteiger partial charge in [0.2, 0.25) is 0 Å². The molecule has 0 aliphatic heterocycles. The molecular formula is C21H23FN2O5. The third kappa shape index (κ3) is 6.60. The van der Waals surface area contributed by atoms with Gasteiger partial charge in [-0.1, -0.05) is 13.8 Å². The van der Waals surface area contributed by atoms with Crippen LogP contribution in [0.1, 0.15) is 24.2 Å². The molecule has 1 atom stereocenters. The molecule has 29 heavy (non-hydrogen) atoms. The summed E-state index contributed by atoms with van der Waals surface area (Å²) in [6.07, 6.45) is 0. The van der Waals surface area contributed by atoms with Crippen molar-refractivity contribution >= 4 is 23.5 Å². The van der Waals surface area contributed by atoms with Crippen LogP contribution in [-0.4, -0.2) is 37.5 Å². The topological polar surface area (TPSA) is 93.7 Å². The fourth-order valence-electron chi connectivity index (χ4n) is 2.42. The molecule has 2 amide bonds. The van der Waals surface area contributed by atoms with Crippen LogP contribution in [0.25, 0.3) is 0 Å². The van der Waals surface area contributed by atoms with Crippen LogP contribution < -0.4 is 15.4 Å². The highest BCUT2D eigenvalue weighted by Crippen LogP contribution is 2.13. The third-order valence-corrected chi connectivity index (χ3v) is 4.03. The SMILES string of the molecule is COc1ccc(C(=O)N[C@H](C(=O)OCC(=O)Nc2ccc(F)cc2)C(C)C)cc1. The number of benzene rings is 2. The second kappa shape index (κ2) is 10.2. The molecule has 0 saturated carbocycles. The van der Waals surface area contributed by atoms with Crippen molar-refractivity contribution in [3.63, 3.8) is 0 Å². The summed E-state index contributed by atoms with van der Waals surface area (Å²) in [6, 6.07) is 10.7. The number of carbonyl (C=O) groups excluding carboxylic acids is 3. The van der Waals surface area contributed by atoms with E-state index >= 15 is 0 Å². The minimum atomic E-state index is -0.928. The van der Waals surface area contributed by atoms with Crippen molar-refractivity contribution < 1.29 is 28.2 Å². The maximum absolute atomic E-state index is 12.9. The molecule has 154 valence electrons. The van der Waals surface area contributed by atoms with Crippen LogP contribution >= 0.6 is 0 Å². The van der Waals surface area contributed by atoms with Gasteiger partial charge in [-0.15, -0.1) is 0 Å². The number of hydrogen-bond acceptors (Lipinski definition) is 5. The molecule has 7 nitrogen and oxygen atoms in total. The zero-order valence-corrected chi connectivity index (χ0v) is 16.4. The molecule has 2 aromatic rings. The lowest BCUT2D eigenvalue weighted by molar-refractivity contribution is -0.150. The van der Waals surface area contributed by atoms with Gasteiger partial charge in [0.15, 0.2) is 6.61 Å². The number of hydrogen-bond donors (Lipinski definition) is 2. The van der Waals surface area contributed by atoms with Crippen LogP contribution in [0.2, 0.25) is 0 Å². The third-order valence-electron chi connectivity index (χ3n) is 4.03. The van der Waals surface area contributed by atoms with Gasteiger partial charge in [0.1, 0.15) is 17.6 Å². The number of ether oxygens (including phenoxy) is 2. The van der Waals surface area contributed by atoms with Gasteiger partial charge in [-0.2, -0.15) is 0 Å². The van der Waals surface area contributed by atoms with E-state index in [-0.39, 0.29) is 5.92 Å². The molecule has 8 heteroatoms. The molecule has 0 spiro atoms. The Hall–Kier alpha value is -3.42. The molecule has 0 heterocycles. The van der Waals surface area contributed by atoms with E-state index in [9.17, 15) is 18.8 Å². The van der Waals surface area contributed by atoms with Crippen molar-refractivity contribution in [3.05, 3.63) is 59.9 Å². The van der Waals surface area contributed by atoms with E-state index in [1.807, 2.05) is 0 Å². The minimum Gasteiger partial charge on any atom is -0.497 e. The second-order valence-corrected chi connectivity index (χ2v) is 6.59. The van der Waals surface area contributed by atoms with Gasteiger partial charge in [-0.05, 0) is 54.4 Å². The van der Waals surface area contributed by atoms with Crippen molar-refractivity contribution in [2.24, 2.45) is 5.92 Å². The van der Waals surface area contributed by atoms with Gasteiger partial charge in [-0.25, -0.2) is 9.18 Å². The van der Waals surface area contributed by atoms with Gasteiger partial charge in [-0.3, -0.25) is 9.59 Å². The van der Waals surface area contributed by atoms with Crippen molar-refractivity contribution in [2.45, 2.75) is 19.9 Å². The lowest BCUT2D eigenvalue weighted by Gasteiger charge is -2.21. The molecule has 0 radical (unpaired) electrons. The number of halogens is 1. The van der Waals surface area contributed by atoms with E-state index in [4.69, 9.17) is 9.47 Å². The first-order valence-corrected chi connectivity index (χ1v) is 8.97. The summed E-state index contributed by atoms with van der Waals surface area (Å²) < 4.78 is 23.0. The highest BCUT2D eigenvalue weighted by atomic mass is 19.1. The van der Waals surface area contributed by atoms with Crippen molar-refractivity contribution in [1.29, 1.82) is 0 Å². The van der Waals surface area contributed by atoms with Gasteiger partial charge < -0.3 is 20.1 Å². The highest BCUT2D eigenvalue weighted by Gasteiger charge is 2.26. The summed E-state index contributed by atoms with van der Waals surface area (Å²) in [7, 11) is 1.52. The predicted molar refractivity (Wildman–Crippen MR) is 105 cm³/mol. The second-order valence-electron chi connectivity index (χ2n) is 6.59. The zero-order valence-electron chi connectivity index (χ0n) is 16.4. The van der Waals surface area contributed by atoms with E-state index in [0.29, 0.717) is 17.0 Å². The van der Waals surface area contributed by atoms with Gasteiger partial charge >= 0.3 is 5.97 Å². The molecule has 2 N–H and O–H groups in total. The smallest absolute Gasteiger partial charge is 0.329 e. The van der Waals surface area contributed by atoms with E-state index < -0.39 is 36.2 Å². The Bertz CT molecular complexity index is 850. The average molecular weight is 402 g/mol. The van der Waals surface area contributed by atoms with Crippen LogP contribution in [0, 0.1) is 11.7 Å². The fourth-order valence-corrected chi connectivity index (χ4v) is 2.42. The molecule has 0 aliphatic rings. The van der Waals surface area contributed by atoms with E-state index in [2.05, 4.69) is 10.6 Å². The predicted octanol–water partition coefficient (Wildman–Crippen LogP) is 2.77. The average Bonchev–Trinajstić information content (AvgIpc) is 2.71. The Morgan fingerprint density at radius 1 is 1.00 bits per heavy atom. The monoisotopic (exact) mass is 402 g/mol. The zero-order chi connectivity index (χ0) is 21.4. The molecule has 0 saturated heterocycles. The maximum Gasteiger partial charge on any atom is 0.329 e. The first-order valence-electron chi connectivity index (χ1n) is 8.97. The summed E-state index contributed by atoms with van der Waals surface area (Å²) in [5.74, 6) is -1.83. The first kappa shape index (κ1) is 21.9. The summed E-state index contributed by atoms with van der Waals surface area (Å²) in [6.45, 7) is 2.97.